The summed E-state index contributed by atoms with van der Waals surface area (Å²) in [6, 6.07) is 5.68. The molecule has 0 aliphatic carbocycles. The highest BCUT2D eigenvalue weighted by Crippen LogP contribution is 2.16. The van der Waals surface area contributed by atoms with Crippen LogP contribution in [0.5, 0.6) is 0 Å². The molecule has 0 aliphatic heterocycles. The molecule has 1 amide bonds. The number of ether oxygens (including phenoxy) is 1. The molecule has 18 heavy (non-hydrogen) atoms. The number of aryl methyl sites for hydroxylation is 1. The van der Waals surface area contributed by atoms with Crippen LogP contribution in [0.25, 0.3) is 0 Å². The lowest BCUT2D eigenvalue weighted by atomic mass is 10.1. The number of hydrogen-bond donors (Lipinski definition) is 1. The summed E-state index contributed by atoms with van der Waals surface area (Å²) in [6.45, 7) is 8.93. The number of amides is 1. The van der Waals surface area contributed by atoms with Gasteiger partial charge in [-0.15, -0.1) is 0 Å². The highest BCUT2D eigenvalue weighted by atomic mass is 79.9. The first-order chi connectivity index (χ1) is 8.35. The Morgan fingerprint density at radius 1 is 1.44 bits per heavy atom. The van der Waals surface area contributed by atoms with Crippen molar-refractivity contribution in [3.8, 4) is 0 Å². The zero-order valence-electron chi connectivity index (χ0n) is 11.3. The number of benzene rings is 1. The van der Waals surface area contributed by atoms with Crippen molar-refractivity contribution in [3.05, 3.63) is 33.8 Å². The van der Waals surface area contributed by atoms with E-state index in [2.05, 4.69) is 21.2 Å². The Labute approximate surface area is 117 Å². The Bertz CT molecular complexity index is 430. The van der Waals surface area contributed by atoms with E-state index in [9.17, 15) is 4.79 Å². The highest BCUT2D eigenvalue weighted by molar-refractivity contribution is 9.10. The zero-order valence-corrected chi connectivity index (χ0v) is 12.9. The summed E-state index contributed by atoms with van der Waals surface area (Å²) in [7, 11) is 0. The molecule has 4 heteroatoms. The van der Waals surface area contributed by atoms with Crippen molar-refractivity contribution in [2.75, 3.05) is 13.2 Å². The molecule has 0 aromatic heterocycles. The summed E-state index contributed by atoms with van der Waals surface area (Å²) in [5, 5.41) is 2.91. The molecule has 1 aromatic rings. The minimum atomic E-state index is -0.343. The second kappa shape index (κ2) is 6.34. The number of rotatable bonds is 5. The van der Waals surface area contributed by atoms with Crippen molar-refractivity contribution in [1.82, 2.24) is 5.32 Å². The molecule has 1 N–H and O–H groups in total. The molecular formula is C14H20BrNO2. The van der Waals surface area contributed by atoms with Crippen LogP contribution in [0.4, 0.5) is 0 Å². The van der Waals surface area contributed by atoms with Gasteiger partial charge in [-0.1, -0.05) is 22.0 Å². The van der Waals surface area contributed by atoms with E-state index in [0.717, 1.165) is 10.0 Å². The molecule has 1 aromatic carbocycles. The molecule has 100 valence electrons. The number of carbonyl (C=O) groups excluding carboxylic acids is 1. The van der Waals surface area contributed by atoms with Crippen LogP contribution < -0.4 is 5.32 Å². The average Bonchev–Trinajstić information content (AvgIpc) is 2.29. The SMILES string of the molecule is CCOC(C)(C)CNC(=O)c1cc(Br)ccc1C. The molecule has 0 bridgehead atoms. The average molecular weight is 314 g/mol. The first-order valence-electron chi connectivity index (χ1n) is 6.04. The smallest absolute Gasteiger partial charge is 0.251 e. The minimum absolute atomic E-state index is 0.0680. The van der Waals surface area contributed by atoms with Gasteiger partial charge in [-0.05, 0) is 45.4 Å². The molecule has 0 heterocycles. The summed E-state index contributed by atoms with van der Waals surface area (Å²) < 4.78 is 6.45. The van der Waals surface area contributed by atoms with Crippen molar-refractivity contribution in [1.29, 1.82) is 0 Å². The Morgan fingerprint density at radius 2 is 2.11 bits per heavy atom. The fraction of sp³-hybridized carbons (Fsp3) is 0.500. The minimum Gasteiger partial charge on any atom is -0.374 e. The predicted molar refractivity (Wildman–Crippen MR) is 76.9 cm³/mol. The van der Waals surface area contributed by atoms with Gasteiger partial charge in [0.05, 0.1) is 5.60 Å². The van der Waals surface area contributed by atoms with Gasteiger partial charge >= 0.3 is 0 Å². The number of halogens is 1. The van der Waals surface area contributed by atoms with Gasteiger partial charge in [0.1, 0.15) is 0 Å². The van der Waals surface area contributed by atoms with Crippen LogP contribution in [-0.4, -0.2) is 24.7 Å². The quantitative estimate of drug-likeness (QED) is 0.905. The van der Waals surface area contributed by atoms with Gasteiger partial charge in [-0.25, -0.2) is 0 Å². The van der Waals surface area contributed by atoms with Crippen molar-refractivity contribution < 1.29 is 9.53 Å². The van der Waals surface area contributed by atoms with Gasteiger partial charge in [-0.2, -0.15) is 0 Å². The normalized spacial score (nSPS) is 11.4. The lowest BCUT2D eigenvalue weighted by Gasteiger charge is -2.25. The number of hydrogen-bond acceptors (Lipinski definition) is 2. The molecule has 1 rings (SSSR count). The van der Waals surface area contributed by atoms with E-state index in [-0.39, 0.29) is 11.5 Å². The van der Waals surface area contributed by atoms with E-state index in [1.165, 1.54) is 0 Å². The molecule has 3 nitrogen and oxygen atoms in total. The molecule has 0 fully saturated rings. The van der Waals surface area contributed by atoms with Crippen molar-refractivity contribution in [2.45, 2.75) is 33.3 Å². The fourth-order valence-electron chi connectivity index (χ4n) is 1.67. The molecule has 0 spiro atoms. The Morgan fingerprint density at radius 3 is 2.72 bits per heavy atom. The first-order valence-corrected chi connectivity index (χ1v) is 6.83. The Balaban J connectivity index is 2.69. The van der Waals surface area contributed by atoms with E-state index in [1.807, 2.05) is 45.9 Å². The van der Waals surface area contributed by atoms with Crippen LogP contribution in [0.2, 0.25) is 0 Å². The van der Waals surface area contributed by atoms with E-state index in [0.29, 0.717) is 18.7 Å². The fourth-order valence-corrected chi connectivity index (χ4v) is 2.03. The molecule has 0 atom stereocenters. The van der Waals surface area contributed by atoms with Crippen LogP contribution in [0.15, 0.2) is 22.7 Å². The van der Waals surface area contributed by atoms with E-state index in [1.54, 1.807) is 0 Å². The highest BCUT2D eigenvalue weighted by Gasteiger charge is 2.19. The standard InChI is InChI=1S/C14H20BrNO2/c1-5-18-14(3,4)9-16-13(17)12-8-11(15)7-6-10(12)2/h6-8H,5,9H2,1-4H3,(H,16,17). The topological polar surface area (TPSA) is 38.3 Å². The van der Waals surface area contributed by atoms with Crippen LogP contribution in [0, 0.1) is 6.92 Å². The predicted octanol–water partition coefficient (Wildman–Crippen LogP) is 3.30. The maximum atomic E-state index is 12.1. The lowest BCUT2D eigenvalue weighted by molar-refractivity contribution is -0.00816. The van der Waals surface area contributed by atoms with Crippen LogP contribution in [0.3, 0.4) is 0 Å². The third kappa shape index (κ3) is 4.42. The van der Waals surface area contributed by atoms with Gasteiger partial charge in [0.15, 0.2) is 0 Å². The monoisotopic (exact) mass is 313 g/mol. The van der Waals surface area contributed by atoms with Crippen molar-refractivity contribution in [3.63, 3.8) is 0 Å². The second-order valence-electron chi connectivity index (χ2n) is 4.83. The lowest BCUT2D eigenvalue weighted by Crippen LogP contribution is -2.40. The number of carbonyl (C=O) groups is 1. The van der Waals surface area contributed by atoms with Crippen molar-refractivity contribution >= 4 is 21.8 Å². The van der Waals surface area contributed by atoms with Crippen LogP contribution in [0.1, 0.15) is 36.7 Å². The third-order valence-electron chi connectivity index (χ3n) is 2.65. The maximum Gasteiger partial charge on any atom is 0.251 e. The van der Waals surface area contributed by atoms with Crippen molar-refractivity contribution in [2.24, 2.45) is 0 Å². The summed E-state index contributed by atoms with van der Waals surface area (Å²) in [6.07, 6.45) is 0. The zero-order chi connectivity index (χ0) is 13.8. The van der Waals surface area contributed by atoms with Gasteiger partial charge in [0, 0.05) is 23.2 Å². The summed E-state index contributed by atoms with van der Waals surface area (Å²) in [5.74, 6) is -0.0680. The van der Waals surface area contributed by atoms with E-state index >= 15 is 0 Å². The maximum absolute atomic E-state index is 12.1. The molecular weight excluding hydrogens is 294 g/mol. The largest absolute Gasteiger partial charge is 0.374 e. The second-order valence-corrected chi connectivity index (χ2v) is 5.75. The molecule has 0 aliphatic rings. The van der Waals surface area contributed by atoms with Crippen LogP contribution >= 0.6 is 15.9 Å². The Hall–Kier alpha value is -0.870. The summed E-state index contributed by atoms with van der Waals surface area (Å²) in [5.41, 5.74) is 1.31. The van der Waals surface area contributed by atoms with Gasteiger partial charge < -0.3 is 10.1 Å². The number of nitrogens with one attached hydrogen (secondary N) is 1. The first kappa shape index (κ1) is 15.2. The molecule has 0 unspecified atom stereocenters. The van der Waals surface area contributed by atoms with E-state index < -0.39 is 0 Å². The molecule has 0 radical (unpaired) electrons. The third-order valence-corrected chi connectivity index (χ3v) is 3.15. The molecule has 0 saturated carbocycles. The van der Waals surface area contributed by atoms with Gasteiger partial charge in [0.25, 0.3) is 5.91 Å². The van der Waals surface area contributed by atoms with Gasteiger partial charge in [-0.3, -0.25) is 4.79 Å². The van der Waals surface area contributed by atoms with Gasteiger partial charge in [0.2, 0.25) is 0 Å². The summed E-state index contributed by atoms with van der Waals surface area (Å²) >= 11 is 3.38. The Kier molecular flexibility index (Phi) is 5.35. The molecule has 0 saturated heterocycles. The van der Waals surface area contributed by atoms with E-state index in [4.69, 9.17) is 4.74 Å². The van der Waals surface area contributed by atoms with Crippen LogP contribution in [-0.2, 0) is 4.74 Å². The summed E-state index contributed by atoms with van der Waals surface area (Å²) in [4.78, 5) is 12.1.